The minimum Gasteiger partial charge on any atom is -0.342 e. The van der Waals surface area contributed by atoms with Gasteiger partial charge in [0.15, 0.2) is 0 Å². The second-order valence-electron chi connectivity index (χ2n) is 7.21. The van der Waals surface area contributed by atoms with Gasteiger partial charge < -0.3 is 10.2 Å². The van der Waals surface area contributed by atoms with Crippen molar-refractivity contribution in [2.45, 2.75) is 44.9 Å². The average molecular weight is 351 g/mol. The molecule has 3 nitrogen and oxygen atoms in total. The van der Waals surface area contributed by atoms with Gasteiger partial charge in [-0.15, -0.1) is 12.4 Å². The fourth-order valence-corrected chi connectivity index (χ4v) is 4.26. The number of benzene rings is 1. The summed E-state index contributed by atoms with van der Waals surface area (Å²) in [4.78, 5) is 14.7. The summed E-state index contributed by atoms with van der Waals surface area (Å²) in [6, 6.07) is 10.8. The van der Waals surface area contributed by atoms with Crippen molar-refractivity contribution in [3.8, 4) is 0 Å². The van der Waals surface area contributed by atoms with Crippen molar-refractivity contribution >= 4 is 18.3 Å². The number of hydrogen-bond acceptors (Lipinski definition) is 2. The second-order valence-corrected chi connectivity index (χ2v) is 7.21. The average Bonchev–Trinajstić information content (AvgIpc) is 3.13. The highest BCUT2D eigenvalue weighted by atomic mass is 35.5. The zero-order valence-corrected chi connectivity index (χ0v) is 15.6. The van der Waals surface area contributed by atoms with E-state index in [-0.39, 0.29) is 12.4 Å². The molecule has 3 rings (SSSR count). The Kier molecular flexibility index (Phi) is 7.57. The molecule has 0 aromatic heterocycles. The number of amides is 1. The van der Waals surface area contributed by atoms with Gasteiger partial charge in [-0.05, 0) is 55.7 Å². The fourth-order valence-electron chi connectivity index (χ4n) is 4.26. The lowest BCUT2D eigenvalue weighted by Crippen LogP contribution is -2.43. The van der Waals surface area contributed by atoms with E-state index in [9.17, 15) is 4.79 Å². The highest BCUT2D eigenvalue weighted by Gasteiger charge is 2.31. The molecule has 1 aromatic rings. The third-order valence-electron chi connectivity index (χ3n) is 5.77. The standard InChI is InChI=1S/C20H30N2O.ClH/c1-2-17-15-22(20(23)9-8-16-10-12-21-14-16)13-11-19(17)18-6-4-3-5-7-18;/h3-7,16-17,19,21H,2,8-15H2,1H3;1H. The minimum atomic E-state index is 0. The monoisotopic (exact) mass is 350 g/mol. The third kappa shape index (κ3) is 4.73. The van der Waals surface area contributed by atoms with Crippen molar-refractivity contribution in [3.63, 3.8) is 0 Å². The van der Waals surface area contributed by atoms with E-state index in [1.54, 1.807) is 0 Å². The van der Waals surface area contributed by atoms with E-state index in [1.165, 1.54) is 12.0 Å². The van der Waals surface area contributed by atoms with Gasteiger partial charge in [0.1, 0.15) is 0 Å². The van der Waals surface area contributed by atoms with E-state index in [0.717, 1.165) is 51.9 Å². The molecule has 1 N–H and O–H groups in total. The number of halogens is 1. The van der Waals surface area contributed by atoms with Crippen molar-refractivity contribution < 1.29 is 4.79 Å². The first-order chi connectivity index (χ1) is 11.3. The van der Waals surface area contributed by atoms with Gasteiger partial charge >= 0.3 is 0 Å². The fraction of sp³-hybridized carbons (Fsp3) is 0.650. The van der Waals surface area contributed by atoms with Crippen molar-refractivity contribution in [2.24, 2.45) is 11.8 Å². The van der Waals surface area contributed by atoms with Crippen LogP contribution < -0.4 is 5.32 Å². The van der Waals surface area contributed by atoms with Gasteiger partial charge in [-0.25, -0.2) is 0 Å². The number of nitrogens with one attached hydrogen (secondary N) is 1. The molecule has 0 radical (unpaired) electrons. The first-order valence-corrected chi connectivity index (χ1v) is 9.31. The van der Waals surface area contributed by atoms with E-state index in [4.69, 9.17) is 0 Å². The molecule has 1 amide bonds. The molecule has 0 saturated carbocycles. The minimum absolute atomic E-state index is 0. The van der Waals surface area contributed by atoms with Crippen molar-refractivity contribution in [3.05, 3.63) is 35.9 Å². The Morgan fingerprint density at radius 2 is 2.04 bits per heavy atom. The normalized spacial score (nSPS) is 26.9. The van der Waals surface area contributed by atoms with Crippen LogP contribution >= 0.6 is 12.4 Å². The molecule has 0 aliphatic carbocycles. The zero-order valence-electron chi connectivity index (χ0n) is 14.7. The van der Waals surface area contributed by atoms with Crippen LogP contribution in [0.2, 0.25) is 0 Å². The lowest BCUT2D eigenvalue weighted by Gasteiger charge is -2.39. The van der Waals surface area contributed by atoms with Crippen LogP contribution in [0.3, 0.4) is 0 Å². The van der Waals surface area contributed by atoms with Crippen LogP contribution in [0.5, 0.6) is 0 Å². The van der Waals surface area contributed by atoms with Crippen LogP contribution in [0.15, 0.2) is 30.3 Å². The highest BCUT2D eigenvalue weighted by Crippen LogP contribution is 2.35. The van der Waals surface area contributed by atoms with E-state index in [2.05, 4.69) is 47.5 Å². The Hall–Kier alpha value is -1.06. The highest BCUT2D eigenvalue weighted by molar-refractivity contribution is 5.85. The molecule has 3 unspecified atom stereocenters. The summed E-state index contributed by atoms with van der Waals surface area (Å²) in [6.07, 6.45) is 5.29. The second kappa shape index (κ2) is 9.43. The van der Waals surface area contributed by atoms with Gasteiger partial charge in [0.05, 0.1) is 0 Å². The molecule has 0 spiro atoms. The summed E-state index contributed by atoms with van der Waals surface area (Å²) in [5.41, 5.74) is 1.45. The third-order valence-corrected chi connectivity index (χ3v) is 5.77. The SMILES string of the molecule is CCC1CN(C(=O)CCC2CCNC2)CCC1c1ccccc1.Cl. The Bertz CT molecular complexity index is 502. The van der Waals surface area contributed by atoms with Crippen molar-refractivity contribution in [1.82, 2.24) is 10.2 Å². The van der Waals surface area contributed by atoms with Crippen molar-refractivity contribution in [2.75, 3.05) is 26.2 Å². The Morgan fingerprint density at radius 1 is 1.25 bits per heavy atom. The number of hydrogen-bond donors (Lipinski definition) is 1. The Morgan fingerprint density at radius 3 is 2.71 bits per heavy atom. The molecule has 4 heteroatoms. The van der Waals surface area contributed by atoms with Gasteiger partial charge in [0.25, 0.3) is 0 Å². The van der Waals surface area contributed by atoms with E-state index < -0.39 is 0 Å². The Balaban J connectivity index is 0.00000208. The van der Waals surface area contributed by atoms with Crippen LogP contribution in [0.4, 0.5) is 0 Å². The molecule has 2 fully saturated rings. The quantitative estimate of drug-likeness (QED) is 0.875. The maximum atomic E-state index is 12.6. The predicted octanol–water partition coefficient (Wildman–Crippen LogP) is 3.84. The van der Waals surface area contributed by atoms with E-state index >= 15 is 0 Å². The number of carbonyl (C=O) groups is 1. The molecule has 134 valence electrons. The van der Waals surface area contributed by atoms with Crippen LogP contribution in [0.1, 0.15) is 50.5 Å². The lowest BCUT2D eigenvalue weighted by molar-refractivity contribution is -0.133. The molecule has 3 atom stereocenters. The van der Waals surface area contributed by atoms with Crippen LogP contribution in [0, 0.1) is 11.8 Å². The van der Waals surface area contributed by atoms with Gasteiger partial charge in [-0.2, -0.15) is 0 Å². The summed E-state index contributed by atoms with van der Waals surface area (Å²) in [7, 11) is 0. The first-order valence-electron chi connectivity index (χ1n) is 9.31. The molecule has 1 aromatic carbocycles. The summed E-state index contributed by atoms with van der Waals surface area (Å²) < 4.78 is 0. The topological polar surface area (TPSA) is 32.3 Å². The van der Waals surface area contributed by atoms with Crippen LogP contribution in [0.25, 0.3) is 0 Å². The summed E-state index contributed by atoms with van der Waals surface area (Å²) in [5.74, 6) is 2.30. The molecular weight excluding hydrogens is 320 g/mol. The number of likely N-dealkylation sites (tertiary alicyclic amines) is 1. The largest absolute Gasteiger partial charge is 0.342 e. The molecule has 0 bridgehead atoms. The number of rotatable bonds is 5. The van der Waals surface area contributed by atoms with Crippen molar-refractivity contribution in [1.29, 1.82) is 0 Å². The number of piperidine rings is 1. The zero-order chi connectivity index (χ0) is 16.1. The number of carbonyl (C=O) groups excluding carboxylic acids is 1. The molecule has 2 aliphatic heterocycles. The Labute approximate surface area is 152 Å². The summed E-state index contributed by atoms with van der Waals surface area (Å²) in [6.45, 7) is 6.36. The van der Waals surface area contributed by atoms with E-state index in [0.29, 0.717) is 23.7 Å². The van der Waals surface area contributed by atoms with Gasteiger partial charge in [-0.1, -0.05) is 43.7 Å². The van der Waals surface area contributed by atoms with Gasteiger partial charge in [-0.3, -0.25) is 4.79 Å². The number of nitrogens with zero attached hydrogens (tertiary/aromatic N) is 1. The smallest absolute Gasteiger partial charge is 0.222 e. The first kappa shape index (κ1) is 19.3. The maximum Gasteiger partial charge on any atom is 0.222 e. The molecular formula is C20H31ClN2O. The molecule has 24 heavy (non-hydrogen) atoms. The van der Waals surface area contributed by atoms with Crippen LogP contribution in [-0.4, -0.2) is 37.0 Å². The van der Waals surface area contributed by atoms with Crippen LogP contribution in [-0.2, 0) is 4.79 Å². The molecule has 2 aliphatic rings. The molecule has 2 saturated heterocycles. The summed E-state index contributed by atoms with van der Waals surface area (Å²) >= 11 is 0. The summed E-state index contributed by atoms with van der Waals surface area (Å²) in [5, 5.41) is 3.39. The lowest BCUT2D eigenvalue weighted by atomic mass is 9.79. The van der Waals surface area contributed by atoms with Gasteiger partial charge in [0, 0.05) is 19.5 Å². The maximum absolute atomic E-state index is 12.6. The van der Waals surface area contributed by atoms with Gasteiger partial charge in [0.2, 0.25) is 5.91 Å². The molecule has 2 heterocycles. The van der Waals surface area contributed by atoms with E-state index in [1.807, 2.05) is 0 Å². The predicted molar refractivity (Wildman–Crippen MR) is 102 cm³/mol.